The summed E-state index contributed by atoms with van der Waals surface area (Å²) in [4.78, 5) is 33.7. The van der Waals surface area contributed by atoms with Crippen LogP contribution in [0.4, 0.5) is 11.6 Å². The number of rotatable bonds is 7. The van der Waals surface area contributed by atoms with E-state index >= 15 is 0 Å². The smallest absolute Gasteiger partial charge is 0.268 e. The maximum Gasteiger partial charge on any atom is 0.268 e. The van der Waals surface area contributed by atoms with E-state index in [0.717, 1.165) is 16.1 Å². The molecular formula is C27H25N5O3S2. The van der Waals surface area contributed by atoms with Crippen LogP contribution in [0.5, 0.6) is 0 Å². The van der Waals surface area contributed by atoms with Gasteiger partial charge in [-0.15, -0.1) is 11.3 Å². The average Bonchev–Trinajstić information content (AvgIpc) is 3.63. The van der Waals surface area contributed by atoms with Crippen LogP contribution in [0.1, 0.15) is 33.9 Å². The third kappa shape index (κ3) is 5.31. The first-order valence-electron chi connectivity index (χ1n) is 11.6. The summed E-state index contributed by atoms with van der Waals surface area (Å²) in [6.07, 6.45) is 0. The van der Waals surface area contributed by atoms with Crippen molar-refractivity contribution >= 4 is 57.4 Å². The number of nitrogens with zero attached hydrogens (tertiary/aromatic N) is 4. The molecule has 0 aliphatic carbocycles. The van der Waals surface area contributed by atoms with Crippen LogP contribution in [-0.4, -0.2) is 43.5 Å². The molecule has 0 aliphatic heterocycles. The van der Waals surface area contributed by atoms with E-state index < -0.39 is 5.60 Å². The maximum atomic E-state index is 13.1. The Bertz CT molecular complexity index is 1570. The van der Waals surface area contributed by atoms with Crippen molar-refractivity contribution in [1.82, 2.24) is 13.9 Å². The van der Waals surface area contributed by atoms with E-state index in [1.807, 2.05) is 47.8 Å². The van der Waals surface area contributed by atoms with E-state index in [4.69, 9.17) is 0 Å². The van der Waals surface area contributed by atoms with E-state index in [1.54, 1.807) is 54.6 Å². The lowest BCUT2D eigenvalue weighted by Gasteiger charge is -2.20. The monoisotopic (exact) mass is 531 g/mol. The zero-order valence-corrected chi connectivity index (χ0v) is 22.1. The minimum atomic E-state index is -1.05. The van der Waals surface area contributed by atoms with Gasteiger partial charge in [0.2, 0.25) is 5.95 Å². The normalized spacial score (nSPS) is 11.6. The minimum Gasteiger partial charge on any atom is -0.389 e. The molecule has 2 N–H and O–H groups in total. The molecule has 0 bridgehead atoms. The third-order valence-corrected chi connectivity index (χ3v) is 7.40. The summed E-state index contributed by atoms with van der Waals surface area (Å²) in [6.45, 7) is 3.61. The van der Waals surface area contributed by atoms with Crippen molar-refractivity contribution < 1.29 is 14.7 Å². The second-order valence-electron chi connectivity index (χ2n) is 9.24. The zero-order chi connectivity index (χ0) is 26.2. The number of amides is 2. The van der Waals surface area contributed by atoms with Crippen molar-refractivity contribution in [3.05, 3.63) is 82.6 Å². The summed E-state index contributed by atoms with van der Waals surface area (Å²) >= 11 is 2.72. The van der Waals surface area contributed by atoms with E-state index in [1.165, 1.54) is 22.9 Å². The van der Waals surface area contributed by atoms with Crippen LogP contribution in [0.2, 0.25) is 0 Å². The Morgan fingerprint density at radius 1 is 1.08 bits per heavy atom. The molecule has 5 aromatic rings. The Morgan fingerprint density at radius 2 is 1.86 bits per heavy atom. The lowest BCUT2D eigenvalue weighted by Crippen LogP contribution is -2.27. The fraction of sp³-hybridized carbons (Fsp3) is 0.185. The van der Waals surface area contributed by atoms with Gasteiger partial charge in [-0.3, -0.25) is 14.9 Å². The lowest BCUT2D eigenvalue weighted by atomic mass is 10.1. The third-order valence-electron chi connectivity index (χ3n) is 5.73. The number of fused-ring (bicyclic) bond motifs is 1. The standard InChI is InChI=1S/C27H25N5O3S2/c1-27(2,35)16-32-21-10-9-18(31(3)25(34)17-7-5-4-6-8-17)15-20(21)28-26(32)29-24(33)23-12-11-22(37-23)19-13-14-36-30-19/h4-15,35H,16H2,1-3H3,(H,28,29,33). The largest absolute Gasteiger partial charge is 0.389 e. The number of nitrogens with one attached hydrogen (secondary N) is 1. The Balaban J connectivity index is 1.46. The first kappa shape index (κ1) is 24.8. The summed E-state index contributed by atoms with van der Waals surface area (Å²) < 4.78 is 6.11. The first-order valence-corrected chi connectivity index (χ1v) is 13.2. The number of aromatic nitrogens is 3. The molecule has 3 aromatic heterocycles. The minimum absolute atomic E-state index is 0.141. The molecule has 0 radical (unpaired) electrons. The van der Waals surface area contributed by atoms with Gasteiger partial charge in [-0.1, -0.05) is 18.2 Å². The van der Waals surface area contributed by atoms with Gasteiger partial charge < -0.3 is 14.6 Å². The van der Waals surface area contributed by atoms with Gasteiger partial charge in [0, 0.05) is 23.7 Å². The summed E-state index contributed by atoms with van der Waals surface area (Å²) in [5, 5.41) is 15.4. The maximum absolute atomic E-state index is 13.1. The van der Waals surface area contributed by atoms with Gasteiger partial charge in [0.15, 0.2) is 0 Å². The molecule has 10 heteroatoms. The summed E-state index contributed by atoms with van der Waals surface area (Å²) in [7, 11) is 1.71. The van der Waals surface area contributed by atoms with Gasteiger partial charge in [-0.2, -0.15) is 4.37 Å². The molecule has 0 aliphatic rings. The quantitative estimate of drug-likeness (QED) is 0.288. The van der Waals surface area contributed by atoms with Crippen molar-refractivity contribution in [2.24, 2.45) is 0 Å². The highest BCUT2D eigenvalue weighted by atomic mass is 32.1. The zero-order valence-electron chi connectivity index (χ0n) is 20.5. The number of hydrogen-bond acceptors (Lipinski definition) is 7. The van der Waals surface area contributed by atoms with Crippen LogP contribution in [0, 0.1) is 0 Å². The van der Waals surface area contributed by atoms with Gasteiger partial charge in [-0.25, -0.2) is 4.98 Å². The van der Waals surface area contributed by atoms with Gasteiger partial charge in [0.05, 0.1) is 38.6 Å². The second-order valence-corrected chi connectivity index (χ2v) is 11.0. The molecule has 0 atom stereocenters. The molecule has 5 rings (SSSR count). The van der Waals surface area contributed by atoms with Crippen LogP contribution in [0.25, 0.3) is 21.6 Å². The van der Waals surface area contributed by atoms with Crippen LogP contribution < -0.4 is 10.2 Å². The summed E-state index contributed by atoms with van der Waals surface area (Å²) in [5.41, 5.74) is 2.36. The SMILES string of the molecule is CN(C(=O)c1ccccc1)c1ccc2c(c1)nc(NC(=O)c1ccc(-c3ccsn3)s1)n2CC(C)(C)O. The number of benzene rings is 2. The number of hydrogen-bond donors (Lipinski definition) is 2. The van der Waals surface area contributed by atoms with E-state index in [9.17, 15) is 14.7 Å². The molecule has 0 unspecified atom stereocenters. The first-order chi connectivity index (χ1) is 17.7. The van der Waals surface area contributed by atoms with Gasteiger partial charge >= 0.3 is 0 Å². The molecule has 0 saturated carbocycles. The highest BCUT2D eigenvalue weighted by molar-refractivity contribution is 7.17. The predicted molar refractivity (Wildman–Crippen MR) is 149 cm³/mol. The van der Waals surface area contributed by atoms with Gasteiger partial charge in [0.25, 0.3) is 11.8 Å². The highest BCUT2D eigenvalue weighted by Crippen LogP contribution is 2.30. The molecule has 37 heavy (non-hydrogen) atoms. The van der Waals surface area contributed by atoms with Crippen LogP contribution in [0.3, 0.4) is 0 Å². The average molecular weight is 532 g/mol. The summed E-state index contributed by atoms with van der Waals surface area (Å²) in [5.74, 6) is -0.117. The predicted octanol–water partition coefficient (Wildman–Crippen LogP) is 5.52. The molecule has 0 spiro atoms. The van der Waals surface area contributed by atoms with Gasteiger partial charge in [-0.05, 0) is 73.9 Å². The fourth-order valence-corrected chi connectivity index (χ4v) is 5.41. The van der Waals surface area contributed by atoms with Crippen LogP contribution in [0.15, 0.2) is 72.1 Å². The van der Waals surface area contributed by atoms with Crippen molar-refractivity contribution in [2.75, 3.05) is 17.3 Å². The fourth-order valence-electron chi connectivity index (χ4n) is 3.96. The molecule has 188 valence electrons. The molecule has 3 heterocycles. The van der Waals surface area contributed by atoms with Crippen molar-refractivity contribution in [3.63, 3.8) is 0 Å². The number of carbonyl (C=O) groups is 2. The van der Waals surface area contributed by atoms with Gasteiger partial charge in [0.1, 0.15) is 0 Å². The molecule has 8 nitrogen and oxygen atoms in total. The molecule has 2 amide bonds. The number of carbonyl (C=O) groups excluding carboxylic acids is 2. The van der Waals surface area contributed by atoms with E-state index in [-0.39, 0.29) is 18.4 Å². The van der Waals surface area contributed by atoms with Crippen molar-refractivity contribution in [2.45, 2.75) is 26.0 Å². The number of imidazole rings is 1. The molecular weight excluding hydrogens is 506 g/mol. The number of thiophene rings is 1. The number of anilines is 2. The Morgan fingerprint density at radius 3 is 2.57 bits per heavy atom. The van der Waals surface area contributed by atoms with Crippen LogP contribution in [-0.2, 0) is 6.54 Å². The Hall–Kier alpha value is -3.86. The molecule has 0 fully saturated rings. The van der Waals surface area contributed by atoms with Crippen molar-refractivity contribution in [1.29, 1.82) is 0 Å². The second kappa shape index (κ2) is 9.89. The highest BCUT2D eigenvalue weighted by Gasteiger charge is 2.23. The number of aliphatic hydroxyl groups is 1. The van der Waals surface area contributed by atoms with E-state index in [2.05, 4.69) is 14.7 Å². The lowest BCUT2D eigenvalue weighted by molar-refractivity contribution is 0.0630. The summed E-state index contributed by atoms with van der Waals surface area (Å²) in [6, 6.07) is 20.1. The molecule has 0 saturated heterocycles. The van der Waals surface area contributed by atoms with Crippen molar-refractivity contribution in [3.8, 4) is 10.6 Å². The Labute approximate surface area is 222 Å². The van der Waals surface area contributed by atoms with Crippen LogP contribution >= 0.6 is 22.9 Å². The Kier molecular flexibility index (Phi) is 6.63. The topological polar surface area (TPSA) is 100 Å². The van der Waals surface area contributed by atoms with E-state index in [0.29, 0.717) is 27.6 Å². The molecule has 2 aromatic carbocycles.